The summed E-state index contributed by atoms with van der Waals surface area (Å²) in [6.07, 6.45) is 4.38. The van der Waals surface area contributed by atoms with E-state index in [2.05, 4.69) is 38.6 Å². The molecule has 78 valence electrons. The molecule has 0 atom stereocenters. The molecule has 0 heterocycles. The zero-order valence-electron chi connectivity index (χ0n) is 9.01. The molecule has 0 fully saturated rings. The van der Waals surface area contributed by atoms with Gasteiger partial charge in [0.1, 0.15) is 0 Å². The van der Waals surface area contributed by atoms with Crippen molar-refractivity contribution in [2.75, 3.05) is 5.73 Å². The lowest BCUT2D eigenvalue weighted by Gasteiger charge is -2.11. The van der Waals surface area contributed by atoms with Gasteiger partial charge < -0.3 is 5.73 Å². The van der Waals surface area contributed by atoms with Gasteiger partial charge in [-0.2, -0.15) is 0 Å². The number of anilines is 1. The molecule has 1 nitrogen and oxygen atoms in total. The van der Waals surface area contributed by atoms with E-state index in [1.807, 2.05) is 0 Å². The van der Waals surface area contributed by atoms with Crippen LogP contribution in [0.3, 0.4) is 0 Å². The summed E-state index contributed by atoms with van der Waals surface area (Å²) in [5, 5.41) is 0. The molecule has 0 amide bonds. The number of aryl methyl sites for hydroxylation is 2. The molecule has 0 radical (unpaired) electrons. The SMILES string of the molecule is CCCc1ccc(CCC)c(S)c1N. The maximum atomic E-state index is 6.02. The molecule has 0 aliphatic heterocycles. The summed E-state index contributed by atoms with van der Waals surface area (Å²) in [6, 6.07) is 4.30. The summed E-state index contributed by atoms with van der Waals surface area (Å²) in [5.41, 5.74) is 9.40. The van der Waals surface area contributed by atoms with Crippen molar-refractivity contribution >= 4 is 18.3 Å². The van der Waals surface area contributed by atoms with Gasteiger partial charge in [0.05, 0.1) is 0 Å². The van der Waals surface area contributed by atoms with Crippen LogP contribution in [0.1, 0.15) is 37.8 Å². The van der Waals surface area contributed by atoms with Crippen molar-refractivity contribution in [1.82, 2.24) is 0 Å². The van der Waals surface area contributed by atoms with Gasteiger partial charge in [0, 0.05) is 10.6 Å². The molecule has 0 bridgehead atoms. The lowest BCUT2D eigenvalue weighted by Crippen LogP contribution is -1.99. The summed E-state index contributed by atoms with van der Waals surface area (Å²) < 4.78 is 0. The number of thiol groups is 1. The zero-order valence-corrected chi connectivity index (χ0v) is 9.90. The average molecular weight is 209 g/mol. The smallest absolute Gasteiger partial charge is 0.0484 e. The maximum absolute atomic E-state index is 6.02. The minimum atomic E-state index is 0.876. The molecule has 1 aromatic rings. The van der Waals surface area contributed by atoms with E-state index in [-0.39, 0.29) is 0 Å². The van der Waals surface area contributed by atoms with Crippen LogP contribution in [-0.4, -0.2) is 0 Å². The van der Waals surface area contributed by atoms with Gasteiger partial charge in [0.15, 0.2) is 0 Å². The van der Waals surface area contributed by atoms with Crippen LogP contribution >= 0.6 is 12.6 Å². The fourth-order valence-electron chi connectivity index (χ4n) is 1.65. The number of hydrogen-bond acceptors (Lipinski definition) is 2. The molecule has 14 heavy (non-hydrogen) atoms. The van der Waals surface area contributed by atoms with Crippen LogP contribution in [0.5, 0.6) is 0 Å². The third-order valence-corrected chi connectivity index (χ3v) is 2.96. The summed E-state index contributed by atoms with van der Waals surface area (Å²) in [7, 11) is 0. The third kappa shape index (κ3) is 2.44. The highest BCUT2D eigenvalue weighted by atomic mass is 32.1. The lowest BCUT2D eigenvalue weighted by atomic mass is 10.0. The van der Waals surface area contributed by atoms with Gasteiger partial charge >= 0.3 is 0 Å². The number of benzene rings is 1. The lowest BCUT2D eigenvalue weighted by molar-refractivity contribution is 0.887. The van der Waals surface area contributed by atoms with Crippen molar-refractivity contribution < 1.29 is 0 Å². The Morgan fingerprint density at radius 3 is 2.14 bits per heavy atom. The summed E-state index contributed by atoms with van der Waals surface area (Å²) >= 11 is 4.48. The highest BCUT2D eigenvalue weighted by Gasteiger charge is 2.06. The Hall–Kier alpha value is -0.630. The van der Waals surface area contributed by atoms with Gasteiger partial charge in [-0.25, -0.2) is 0 Å². The standard InChI is InChI=1S/C12H19NS/c1-3-5-9-7-8-10(6-4-2)12(14)11(9)13/h7-8,14H,3-6,13H2,1-2H3. The van der Waals surface area contributed by atoms with E-state index in [1.54, 1.807) is 0 Å². The molecule has 0 aliphatic rings. The normalized spacial score (nSPS) is 10.5. The van der Waals surface area contributed by atoms with Gasteiger partial charge in [-0.15, -0.1) is 12.6 Å². The Labute approximate surface area is 92.1 Å². The first-order valence-corrected chi connectivity index (χ1v) is 5.74. The molecule has 1 aromatic carbocycles. The predicted octanol–water partition coefficient (Wildman–Crippen LogP) is 3.46. The Morgan fingerprint density at radius 1 is 1.07 bits per heavy atom. The Bertz CT molecular complexity index is 276. The quantitative estimate of drug-likeness (QED) is 0.576. The number of hydrogen-bond donors (Lipinski definition) is 2. The minimum Gasteiger partial charge on any atom is -0.398 e. The topological polar surface area (TPSA) is 26.0 Å². The Balaban J connectivity index is 2.99. The van der Waals surface area contributed by atoms with E-state index in [0.29, 0.717) is 0 Å². The van der Waals surface area contributed by atoms with Crippen LogP contribution in [0.2, 0.25) is 0 Å². The molecular weight excluding hydrogens is 190 g/mol. The Morgan fingerprint density at radius 2 is 1.57 bits per heavy atom. The van der Waals surface area contributed by atoms with Crippen LogP contribution in [0, 0.1) is 0 Å². The van der Waals surface area contributed by atoms with E-state index in [1.165, 1.54) is 11.1 Å². The van der Waals surface area contributed by atoms with E-state index in [4.69, 9.17) is 5.73 Å². The van der Waals surface area contributed by atoms with Crippen LogP contribution in [0.4, 0.5) is 5.69 Å². The second-order valence-electron chi connectivity index (χ2n) is 3.65. The number of rotatable bonds is 4. The molecule has 0 saturated heterocycles. The maximum Gasteiger partial charge on any atom is 0.0484 e. The van der Waals surface area contributed by atoms with E-state index >= 15 is 0 Å². The fourth-order valence-corrected chi connectivity index (χ4v) is 1.98. The van der Waals surface area contributed by atoms with Crippen molar-refractivity contribution in [3.05, 3.63) is 23.3 Å². The number of nitrogens with two attached hydrogens (primary N) is 1. The second kappa shape index (κ2) is 5.30. The van der Waals surface area contributed by atoms with Gasteiger partial charge in [0.2, 0.25) is 0 Å². The van der Waals surface area contributed by atoms with Crippen LogP contribution in [0.25, 0.3) is 0 Å². The Kier molecular flexibility index (Phi) is 4.33. The van der Waals surface area contributed by atoms with Crippen molar-refractivity contribution in [3.8, 4) is 0 Å². The highest BCUT2D eigenvalue weighted by Crippen LogP contribution is 2.27. The van der Waals surface area contributed by atoms with Crippen molar-refractivity contribution in [1.29, 1.82) is 0 Å². The molecule has 2 N–H and O–H groups in total. The molecule has 0 unspecified atom stereocenters. The van der Waals surface area contributed by atoms with Crippen molar-refractivity contribution in [2.24, 2.45) is 0 Å². The molecule has 1 rings (SSSR count). The van der Waals surface area contributed by atoms with E-state index in [9.17, 15) is 0 Å². The third-order valence-electron chi connectivity index (χ3n) is 2.43. The average Bonchev–Trinajstić information content (AvgIpc) is 2.18. The molecule has 0 aromatic heterocycles. The molecule has 2 heteroatoms. The molecule has 0 aliphatic carbocycles. The van der Waals surface area contributed by atoms with Crippen LogP contribution < -0.4 is 5.73 Å². The summed E-state index contributed by atoms with van der Waals surface area (Å²) in [5.74, 6) is 0. The molecule has 0 saturated carbocycles. The first-order chi connectivity index (χ1) is 6.70. The fraction of sp³-hybridized carbons (Fsp3) is 0.500. The van der Waals surface area contributed by atoms with Gasteiger partial charge in [-0.3, -0.25) is 0 Å². The van der Waals surface area contributed by atoms with Gasteiger partial charge in [-0.05, 0) is 24.0 Å². The molecule has 0 spiro atoms. The second-order valence-corrected chi connectivity index (χ2v) is 4.09. The van der Waals surface area contributed by atoms with Crippen LogP contribution in [-0.2, 0) is 12.8 Å². The summed E-state index contributed by atoms with van der Waals surface area (Å²) in [4.78, 5) is 0.984. The van der Waals surface area contributed by atoms with E-state index < -0.39 is 0 Å². The van der Waals surface area contributed by atoms with Crippen molar-refractivity contribution in [3.63, 3.8) is 0 Å². The predicted molar refractivity (Wildman–Crippen MR) is 66.1 cm³/mol. The van der Waals surface area contributed by atoms with E-state index in [0.717, 1.165) is 36.3 Å². The summed E-state index contributed by atoms with van der Waals surface area (Å²) in [6.45, 7) is 4.33. The van der Waals surface area contributed by atoms with Gasteiger partial charge in [0.25, 0.3) is 0 Å². The first kappa shape index (κ1) is 11.4. The van der Waals surface area contributed by atoms with Gasteiger partial charge in [-0.1, -0.05) is 38.8 Å². The minimum absolute atomic E-state index is 0.876. The molecular formula is C12H19NS. The van der Waals surface area contributed by atoms with Crippen molar-refractivity contribution in [2.45, 2.75) is 44.4 Å². The highest BCUT2D eigenvalue weighted by molar-refractivity contribution is 7.80. The first-order valence-electron chi connectivity index (χ1n) is 5.29. The zero-order chi connectivity index (χ0) is 10.6. The van der Waals surface area contributed by atoms with Crippen LogP contribution in [0.15, 0.2) is 17.0 Å². The largest absolute Gasteiger partial charge is 0.398 e. The number of nitrogen functional groups attached to an aromatic ring is 1. The monoisotopic (exact) mass is 209 g/mol.